The highest BCUT2D eigenvalue weighted by atomic mass is 28.4. The average molecular weight is 966 g/mol. The molecule has 16 nitrogen and oxygen atoms in total. The quantitative estimate of drug-likeness (QED) is 0.111. The molecule has 7 rings (SSSR count). The number of aliphatic hydroxyl groups is 1. The Labute approximate surface area is 406 Å². The van der Waals surface area contributed by atoms with Crippen LogP contribution >= 0.6 is 0 Å². The minimum absolute atomic E-state index is 0.00122. The van der Waals surface area contributed by atoms with Crippen LogP contribution in [0.15, 0.2) is 70.8 Å². The van der Waals surface area contributed by atoms with Crippen LogP contribution < -0.4 is 19.3 Å². The monoisotopic (exact) mass is 965 g/mol. The number of amides is 2. The second-order valence-electron chi connectivity index (χ2n) is 22.1. The Morgan fingerprint density at radius 3 is 1.81 bits per heavy atom. The number of carbonyl (C=O) groups excluding carboxylic acids is 4. The summed E-state index contributed by atoms with van der Waals surface area (Å²) in [5, 5.41) is 17.0. The van der Waals surface area contributed by atoms with Crippen LogP contribution in [-0.2, 0) is 38.3 Å². The zero-order valence-corrected chi connectivity index (χ0v) is 43.6. The fourth-order valence-electron chi connectivity index (χ4n) is 9.12. The number of hydrogen-bond acceptors (Lipinski definition) is 15. The molecule has 69 heavy (non-hydrogen) atoms. The molecule has 1 saturated carbocycles. The van der Waals surface area contributed by atoms with Crippen molar-refractivity contribution >= 4 is 49.5 Å². The van der Waals surface area contributed by atoms with Gasteiger partial charge in [0.15, 0.2) is 31.2 Å². The van der Waals surface area contributed by atoms with Crippen molar-refractivity contribution in [2.45, 2.75) is 129 Å². The number of imide groups is 1. The molecule has 4 aromatic rings. The molecular weight excluding hydrogens is 899 g/mol. The van der Waals surface area contributed by atoms with E-state index < -0.39 is 77.5 Å². The second-order valence-corrected chi connectivity index (χ2v) is 26.8. The Bertz CT molecular complexity index is 2630. The number of Topliss-reactive ketones (excluding diaryl/α,β-unsaturated/α-hetero) is 2. The topological polar surface area (TPSA) is 183 Å². The van der Waals surface area contributed by atoms with Crippen LogP contribution in [-0.4, -0.2) is 97.2 Å². The maximum absolute atomic E-state index is 16.3. The van der Waals surface area contributed by atoms with Crippen molar-refractivity contribution in [3.63, 3.8) is 0 Å². The number of fused-ring (bicyclic) bond motifs is 4. The molecule has 0 aliphatic heterocycles. The van der Waals surface area contributed by atoms with Crippen LogP contribution in [0.2, 0.25) is 18.1 Å². The van der Waals surface area contributed by atoms with Gasteiger partial charge in [0.25, 0.3) is 5.88 Å². The molecule has 2 heterocycles. The van der Waals surface area contributed by atoms with Gasteiger partial charge >= 0.3 is 12.2 Å². The molecule has 4 atom stereocenters. The van der Waals surface area contributed by atoms with Crippen LogP contribution in [0.4, 0.5) is 21.2 Å². The predicted octanol–water partition coefficient (Wildman–Crippen LogP) is 10.3. The van der Waals surface area contributed by atoms with Crippen molar-refractivity contribution in [2.24, 2.45) is 11.8 Å². The van der Waals surface area contributed by atoms with Crippen molar-refractivity contribution in [3.8, 4) is 11.6 Å². The Kier molecular flexibility index (Phi) is 13.5. The van der Waals surface area contributed by atoms with Crippen molar-refractivity contribution in [2.75, 3.05) is 38.0 Å². The smallest absolute Gasteiger partial charge is 0.425 e. The van der Waals surface area contributed by atoms with Crippen LogP contribution in [0, 0.1) is 11.8 Å². The normalized spacial score (nSPS) is 20.4. The molecule has 17 heteroatoms. The van der Waals surface area contributed by atoms with Gasteiger partial charge in [0.05, 0.1) is 11.6 Å². The van der Waals surface area contributed by atoms with E-state index >= 15 is 9.59 Å². The fraction of sp³-hybridized carbons (Fsp3) is 0.500. The largest absolute Gasteiger partial charge is 0.507 e. The van der Waals surface area contributed by atoms with Crippen LogP contribution in [0.5, 0.6) is 11.6 Å². The molecule has 2 amide bonds. The van der Waals surface area contributed by atoms with Gasteiger partial charge in [0.2, 0.25) is 11.6 Å². The molecule has 1 fully saturated rings. The van der Waals surface area contributed by atoms with Gasteiger partial charge in [-0.15, -0.1) is 0 Å². The summed E-state index contributed by atoms with van der Waals surface area (Å²) in [6.45, 7) is 20.0. The van der Waals surface area contributed by atoms with Crippen LogP contribution in [0.1, 0.15) is 113 Å². The first-order chi connectivity index (χ1) is 32.1. The number of aliphatic hydroxyl groups excluding tert-OH is 1. The summed E-state index contributed by atoms with van der Waals surface area (Å²) < 4.78 is 37.9. The molecule has 2 aromatic carbocycles. The molecule has 3 aliphatic rings. The summed E-state index contributed by atoms with van der Waals surface area (Å²) in [6, 6.07) is 17.9. The number of hydrogen-bond donors (Lipinski definition) is 1. The SMILES string of the molecule is CN(C)c1nc(N(C(=O)OC(C)(C)C)C(=O)OC(C)(C)C)c(OCc2ccccc2)c2c1C[C@H]1C[C@H]3[C@H](N(C)C)c4onc(OCc5ccccc5)c4C(=O)[C@@]3(O[Si](C)(C)C(C)(C)C)C(=O)C1=C2O. The van der Waals surface area contributed by atoms with Gasteiger partial charge in [-0.3, -0.25) is 14.5 Å². The average Bonchev–Trinajstić information content (AvgIpc) is 3.65. The van der Waals surface area contributed by atoms with Crippen LogP contribution in [0.25, 0.3) is 5.76 Å². The molecule has 0 spiro atoms. The molecule has 1 N–H and O–H groups in total. The maximum atomic E-state index is 16.3. The van der Waals surface area contributed by atoms with E-state index in [0.717, 1.165) is 5.56 Å². The molecule has 2 aromatic heterocycles. The summed E-state index contributed by atoms with van der Waals surface area (Å²) in [4.78, 5) is 70.2. The van der Waals surface area contributed by atoms with Gasteiger partial charge in [-0.2, -0.15) is 4.90 Å². The molecule has 370 valence electrons. The lowest BCUT2D eigenvalue weighted by Gasteiger charge is -2.55. The Morgan fingerprint density at radius 2 is 1.32 bits per heavy atom. The third-order valence-corrected chi connectivity index (χ3v) is 17.6. The highest BCUT2D eigenvalue weighted by molar-refractivity contribution is 6.74. The molecule has 0 radical (unpaired) electrons. The van der Waals surface area contributed by atoms with E-state index in [-0.39, 0.29) is 71.8 Å². The Hall–Kier alpha value is -6.04. The summed E-state index contributed by atoms with van der Waals surface area (Å²) in [5.41, 5.74) is -2.35. The molecule has 3 aliphatic carbocycles. The fourth-order valence-corrected chi connectivity index (χ4v) is 10.6. The predicted molar refractivity (Wildman–Crippen MR) is 263 cm³/mol. The lowest BCUT2D eigenvalue weighted by atomic mass is 9.57. The third kappa shape index (κ3) is 9.65. The lowest BCUT2D eigenvalue weighted by molar-refractivity contribution is -0.140. The van der Waals surface area contributed by atoms with Gasteiger partial charge in [0.1, 0.15) is 41.6 Å². The van der Waals surface area contributed by atoms with E-state index in [1.54, 1.807) is 60.5 Å². The Morgan fingerprint density at radius 1 is 0.783 bits per heavy atom. The van der Waals surface area contributed by atoms with E-state index in [2.05, 4.69) is 5.16 Å². The standard InChI is InChI=1S/C52H67N5O11Si/c1-49(2,3)65-47(61)57(48(62)66-50(4,5)6)45-41(63-28-30-22-18-16-19-23-30)36-33(44(53-45)56(12)13)26-32-27-34-38(55(10)11)40-37(46(54-67-40)64-29-31-24-20-17-21-25-31)43(60)52(34,42(59)35(32)39(36)58)68-69(14,15)51(7,8)9/h16-25,32,34,38,58H,26-29H2,1-15H3/t32-,34-,38-,52-/m0/s1. The van der Waals surface area contributed by atoms with Gasteiger partial charge in [-0.05, 0) is 109 Å². The van der Waals surface area contributed by atoms with Gasteiger partial charge in [0, 0.05) is 31.1 Å². The number of benzene rings is 2. The minimum Gasteiger partial charge on any atom is -0.507 e. The van der Waals surface area contributed by atoms with Gasteiger partial charge < -0.3 is 37.9 Å². The van der Waals surface area contributed by atoms with Crippen molar-refractivity contribution in [1.29, 1.82) is 0 Å². The van der Waals surface area contributed by atoms with E-state index in [1.165, 1.54) is 0 Å². The van der Waals surface area contributed by atoms with Gasteiger partial charge in [-0.1, -0.05) is 81.4 Å². The molecule has 0 saturated heterocycles. The number of ketones is 2. The number of anilines is 2. The maximum Gasteiger partial charge on any atom is 0.425 e. The summed E-state index contributed by atoms with van der Waals surface area (Å²) in [7, 11) is 4.11. The molecular formula is C52H67N5O11Si. The summed E-state index contributed by atoms with van der Waals surface area (Å²) in [5.74, 6) is -3.47. The van der Waals surface area contributed by atoms with Crippen molar-refractivity contribution in [1.82, 2.24) is 15.0 Å². The second kappa shape index (κ2) is 18.4. The first kappa shape index (κ1) is 50.8. The zero-order chi connectivity index (χ0) is 50.8. The minimum atomic E-state index is -3.08. The summed E-state index contributed by atoms with van der Waals surface area (Å²) >= 11 is 0. The lowest BCUT2D eigenvalue weighted by Crippen LogP contribution is -2.68. The highest BCUT2D eigenvalue weighted by Gasteiger charge is 2.69. The van der Waals surface area contributed by atoms with E-state index in [4.69, 9.17) is 32.9 Å². The number of pyridine rings is 1. The summed E-state index contributed by atoms with van der Waals surface area (Å²) in [6.07, 6.45) is -1.91. The van der Waals surface area contributed by atoms with Crippen molar-refractivity contribution < 1.29 is 52.2 Å². The number of ether oxygens (including phenoxy) is 4. The highest BCUT2D eigenvalue weighted by Crippen LogP contribution is 2.60. The number of carbonyl (C=O) groups is 4. The number of nitrogens with zero attached hydrogens (tertiary/aromatic N) is 5. The Balaban J connectivity index is 1.51. The molecule has 0 bridgehead atoms. The number of aromatic nitrogens is 2. The zero-order valence-electron chi connectivity index (χ0n) is 42.6. The van der Waals surface area contributed by atoms with Gasteiger partial charge in [-0.25, -0.2) is 14.6 Å². The van der Waals surface area contributed by atoms with Crippen molar-refractivity contribution in [3.05, 3.63) is 99.8 Å². The third-order valence-electron chi connectivity index (χ3n) is 13.1. The van der Waals surface area contributed by atoms with E-state index in [0.29, 0.717) is 16.0 Å². The van der Waals surface area contributed by atoms with E-state index in [9.17, 15) is 14.7 Å². The molecule has 0 unspecified atom stereocenters. The number of rotatable bonds is 11. The first-order valence-electron chi connectivity index (χ1n) is 23.3. The first-order valence-corrected chi connectivity index (χ1v) is 26.2. The van der Waals surface area contributed by atoms with E-state index in [1.807, 2.05) is 114 Å². The van der Waals surface area contributed by atoms with Crippen LogP contribution in [0.3, 0.4) is 0 Å².